The molecule has 104 valence electrons. The molecule has 2 unspecified atom stereocenters. The monoisotopic (exact) mass is 279 g/mol. The molecule has 0 aromatic carbocycles. The SMILES string of the molecule is CSC(CC(=O)NCc1ccncc1)C1CCCN1. The van der Waals surface area contributed by atoms with Gasteiger partial charge in [-0.15, -0.1) is 0 Å². The van der Waals surface area contributed by atoms with Gasteiger partial charge >= 0.3 is 0 Å². The smallest absolute Gasteiger partial charge is 0.221 e. The molecule has 2 rings (SSSR count). The maximum atomic E-state index is 12.0. The van der Waals surface area contributed by atoms with Gasteiger partial charge in [0.25, 0.3) is 0 Å². The maximum absolute atomic E-state index is 12.0. The minimum Gasteiger partial charge on any atom is -0.352 e. The largest absolute Gasteiger partial charge is 0.352 e. The molecule has 2 N–H and O–H groups in total. The Morgan fingerprint density at radius 2 is 2.37 bits per heavy atom. The van der Waals surface area contributed by atoms with Gasteiger partial charge in [-0.1, -0.05) is 0 Å². The van der Waals surface area contributed by atoms with Crippen molar-refractivity contribution in [3.8, 4) is 0 Å². The van der Waals surface area contributed by atoms with Crippen molar-refractivity contribution < 1.29 is 4.79 Å². The fourth-order valence-corrected chi connectivity index (χ4v) is 3.25. The Labute approximate surface area is 118 Å². The summed E-state index contributed by atoms with van der Waals surface area (Å²) in [7, 11) is 0. The Kier molecular flexibility index (Phi) is 5.66. The number of hydrogen-bond acceptors (Lipinski definition) is 4. The highest BCUT2D eigenvalue weighted by molar-refractivity contribution is 7.99. The molecule has 1 aromatic heterocycles. The molecule has 0 spiro atoms. The number of amides is 1. The van der Waals surface area contributed by atoms with Crippen LogP contribution in [0.25, 0.3) is 0 Å². The van der Waals surface area contributed by atoms with Gasteiger partial charge < -0.3 is 10.6 Å². The third kappa shape index (κ3) is 4.51. The first kappa shape index (κ1) is 14.3. The molecular weight excluding hydrogens is 258 g/mol. The van der Waals surface area contributed by atoms with Crippen LogP contribution in [0.1, 0.15) is 24.8 Å². The predicted molar refractivity (Wildman–Crippen MR) is 79.0 cm³/mol. The van der Waals surface area contributed by atoms with Crippen molar-refractivity contribution in [1.29, 1.82) is 0 Å². The summed E-state index contributed by atoms with van der Waals surface area (Å²) >= 11 is 1.78. The zero-order valence-electron chi connectivity index (χ0n) is 11.3. The van der Waals surface area contributed by atoms with E-state index in [4.69, 9.17) is 0 Å². The molecule has 1 aliphatic rings. The van der Waals surface area contributed by atoms with E-state index in [1.54, 1.807) is 24.2 Å². The number of carbonyl (C=O) groups is 1. The van der Waals surface area contributed by atoms with Gasteiger partial charge in [0, 0.05) is 36.7 Å². The number of carbonyl (C=O) groups excluding carboxylic acids is 1. The summed E-state index contributed by atoms with van der Waals surface area (Å²) in [4.78, 5) is 15.9. The molecule has 1 fully saturated rings. The van der Waals surface area contributed by atoms with Gasteiger partial charge in [-0.2, -0.15) is 11.8 Å². The first-order valence-electron chi connectivity index (χ1n) is 6.71. The van der Waals surface area contributed by atoms with Crippen molar-refractivity contribution >= 4 is 17.7 Å². The van der Waals surface area contributed by atoms with Gasteiger partial charge in [0.05, 0.1) is 0 Å². The summed E-state index contributed by atoms with van der Waals surface area (Å²) in [6.45, 7) is 1.67. The number of pyridine rings is 1. The molecule has 1 amide bonds. The van der Waals surface area contributed by atoms with Gasteiger partial charge in [0.15, 0.2) is 0 Å². The molecule has 0 aliphatic carbocycles. The number of rotatable bonds is 6. The molecule has 0 bridgehead atoms. The second-order valence-corrected chi connectivity index (χ2v) is 5.89. The summed E-state index contributed by atoms with van der Waals surface area (Å²) in [5.74, 6) is 0.130. The lowest BCUT2D eigenvalue weighted by Crippen LogP contribution is -2.36. The lowest BCUT2D eigenvalue weighted by Gasteiger charge is -2.21. The standard InChI is InChI=1S/C14H21N3OS/c1-19-13(12-3-2-6-16-12)9-14(18)17-10-11-4-7-15-8-5-11/h4-5,7-8,12-13,16H,2-3,6,9-10H2,1H3,(H,17,18). The first-order chi connectivity index (χ1) is 9.29. The Hall–Kier alpha value is -1.07. The van der Waals surface area contributed by atoms with Crippen LogP contribution in [0.4, 0.5) is 0 Å². The normalized spacial score (nSPS) is 20.2. The number of aromatic nitrogens is 1. The third-order valence-electron chi connectivity index (χ3n) is 3.48. The lowest BCUT2D eigenvalue weighted by molar-refractivity contribution is -0.121. The highest BCUT2D eigenvalue weighted by Gasteiger charge is 2.25. The Morgan fingerprint density at radius 3 is 3.00 bits per heavy atom. The summed E-state index contributed by atoms with van der Waals surface area (Å²) in [6, 6.07) is 4.33. The molecule has 4 nitrogen and oxygen atoms in total. The number of hydrogen-bond donors (Lipinski definition) is 2. The number of thioether (sulfide) groups is 1. The Morgan fingerprint density at radius 1 is 1.58 bits per heavy atom. The summed E-state index contributed by atoms with van der Waals surface area (Å²) in [5.41, 5.74) is 1.09. The molecule has 2 heterocycles. The van der Waals surface area contributed by atoms with Gasteiger partial charge in [-0.25, -0.2) is 0 Å². The van der Waals surface area contributed by atoms with Gasteiger partial charge in [-0.3, -0.25) is 9.78 Å². The quantitative estimate of drug-likeness (QED) is 0.830. The maximum Gasteiger partial charge on any atom is 0.221 e. The molecule has 1 saturated heterocycles. The minimum absolute atomic E-state index is 0.130. The number of nitrogens with zero attached hydrogens (tertiary/aromatic N) is 1. The average molecular weight is 279 g/mol. The van der Waals surface area contributed by atoms with E-state index >= 15 is 0 Å². The fraction of sp³-hybridized carbons (Fsp3) is 0.571. The lowest BCUT2D eigenvalue weighted by atomic mass is 10.1. The molecule has 0 saturated carbocycles. The average Bonchev–Trinajstić information content (AvgIpc) is 2.97. The van der Waals surface area contributed by atoms with Gasteiger partial charge in [0.2, 0.25) is 5.91 Å². The van der Waals surface area contributed by atoms with E-state index < -0.39 is 0 Å². The zero-order valence-corrected chi connectivity index (χ0v) is 12.1. The van der Waals surface area contributed by atoms with Crippen molar-refractivity contribution in [1.82, 2.24) is 15.6 Å². The molecule has 1 aromatic rings. The van der Waals surface area contributed by atoms with Crippen molar-refractivity contribution in [3.05, 3.63) is 30.1 Å². The van der Waals surface area contributed by atoms with E-state index in [9.17, 15) is 4.79 Å². The van der Waals surface area contributed by atoms with Gasteiger partial charge in [-0.05, 0) is 43.3 Å². The third-order valence-corrected chi connectivity index (χ3v) is 4.58. The van der Waals surface area contributed by atoms with Crippen molar-refractivity contribution in [2.45, 2.75) is 37.1 Å². The van der Waals surface area contributed by atoms with Gasteiger partial charge in [0.1, 0.15) is 0 Å². The minimum atomic E-state index is 0.130. The molecular formula is C14H21N3OS. The zero-order chi connectivity index (χ0) is 13.5. The van der Waals surface area contributed by atoms with E-state index in [-0.39, 0.29) is 5.91 Å². The van der Waals surface area contributed by atoms with E-state index in [1.807, 2.05) is 12.1 Å². The predicted octanol–water partition coefficient (Wildman–Crippen LogP) is 1.57. The second-order valence-electron chi connectivity index (χ2n) is 4.81. The van der Waals surface area contributed by atoms with Crippen LogP contribution >= 0.6 is 11.8 Å². The van der Waals surface area contributed by atoms with E-state index in [2.05, 4.69) is 21.9 Å². The molecule has 19 heavy (non-hydrogen) atoms. The summed E-state index contributed by atoms with van der Waals surface area (Å²) in [6.07, 6.45) is 8.57. The van der Waals surface area contributed by atoms with Crippen LogP contribution < -0.4 is 10.6 Å². The summed E-state index contributed by atoms with van der Waals surface area (Å²) < 4.78 is 0. The van der Waals surface area contributed by atoms with Crippen LogP contribution in [-0.4, -0.2) is 35.0 Å². The highest BCUT2D eigenvalue weighted by Crippen LogP contribution is 2.21. The van der Waals surface area contributed by atoms with E-state index in [0.29, 0.717) is 24.3 Å². The Bertz CT molecular complexity index is 393. The van der Waals surface area contributed by atoms with Crippen molar-refractivity contribution in [2.75, 3.05) is 12.8 Å². The van der Waals surface area contributed by atoms with Crippen molar-refractivity contribution in [2.24, 2.45) is 0 Å². The highest BCUT2D eigenvalue weighted by atomic mass is 32.2. The van der Waals surface area contributed by atoms with E-state index in [0.717, 1.165) is 12.1 Å². The van der Waals surface area contributed by atoms with Crippen LogP contribution in [0.2, 0.25) is 0 Å². The first-order valence-corrected chi connectivity index (χ1v) is 8.00. The van der Waals surface area contributed by atoms with Crippen LogP contribution in [0.5, 0.6) is 0 Å². The topological polar surface area (TPSA) is 54.0 Å². The van der Waals surface area contributed by atoms with Crippen LogP contribution in [0.15, 0.2) is 24.5 Å². The second kappa shape index (κ2) is 7.50. The Balaban J connectivity index is 1.76. The van der Waals surface area contributed by atoms with Crippen LogP contribution in [-0.2, 0) is 11.3 Å². The molecule has 1 aliphatic heterocycles. The molecule has 2 atom stereocenters. The fourth-order valence-electron chi connectivity index (χ4n) is 2.37. The van der Waals surface area contributed by atoms with Crippen LogP contribution in [0, 0.1) is 0 Å². The van der Waals surface area contributed by atoms with E-state index in [1.165, 1.54) is 12.8 Å². The summed E-state index contributed by atoms with van der Waals surface area (Å²) in [5, 5.41) is 6.83. The van der Waals surface area contributed by atoms with Crippen molar-refractivity contribution in [3.63, 3.8) is 0 Å². The van der Waals surface area contributed by atoms with Crippen LogP contribution in [0.3, 0.4) is 0 Å². The number of nitrogens with one attached hydrogen (secondary N) is 2. The molecule has 0 radical (unpaired) electrons. The molecule has 5 heteroatoms.